The molecule has 11 nitrogen and oxygen atoms in total. The smallest absolute Gasteiger partial charge is 0.323 e. The van der Waals surface area contributed by atoms with E-state index in [1.807, 2.05) is 45.0 Å². The number of carbonyl (C=O) groups is 1. The second-order valence-corrected chi connectivity index (χ2v) is 14.0. The van der Waals surface area contributed by atoms with Crippen molar-refractivity contribution in [3.8, 4) is 17.4 Å². The molecule has 12 heteroatoms. The molecular formula is C33H40N6O5S. The number of rotatable bonds is 9. The normalized spacial score (nSPS) is 14.1. The van der Waals surface area contributed by atoms with E-state index in [2.05, 4.69) is 30.6 Å². The molecule has 1 aliphatic carbocycles. The molecule has 1 aliphatic rings. The fraction of sp³-hybridized carbons (Fsp3) is 0.364. The Balaban J connectivity index is 1.38. The SMILES string of the molecule is COc1c(NC(=O)Nc2ccc(Oc3ccnc(NC4CCCCC4)n3)c3ccccc23)cc(C(C)(C)C)cc1NS(C)(=O)=O. The first-order valence-corrected chi connectivity index (χ1v) is 16.9. The van der Waals surface area contributed by atoms with E-state index in [-0.39, 0.29) is 16.9 Å². The number of hydrogen-bond donors (Lipinski definition) is 4. The van der Waals surface area contributed by atoms with Gasteiger partial charge in [0.1, 0.15) is 5.75 Å². The Kier molecular flexibility index (Phi) is 9.33. The van der Waals surface area contributed by atoms with Crippen LogP contribution < -0.4 is 30.1 Å². The van der Waals surface area contributed by atoms with E-state index in [9.17, 15) is 13.2 Å². The monoisotopic (exact) mass is 632 g/mol. The number of urea groups is 1. The summed E-state index contributed by atoms with van der Waals surface area (Å²) in [6.07, 6.45) is 8.63. The molecular weight excluding hydrogens is 592 g/mol. The van der Waals surface area contributed by atoms with Crippen LogP contribution in [0.2, 0.25) is 0 Å². The zero-order valence-electron chi connectivity index (χ0n) is 26.2. The highest BCUT2D eigenvalue weighted by molar-refractivity contribution is 7.92. The Morgan fingerprint density at radius 1 is 0.911 bits per heavy atom. The first-order chi connectivity index (χ1) is 21.4. The summed E-state index contributed by atoms with van der Waals surface area (Å²) in [5.41, 5.74) is 1.57. The van der Waals surface area contributed by atoms with E-state index in [0.29, 0.717) is 35.0 Å². The average Bonchev–Trinajstić information content (AvgIpc) is 2.98. The van der Waals surface area contributed by atoms with Crippen molar-refractivity contribution in [3.63, 3.8) is 0 Å². The number of aromatic nitrogens is 2. The van der Waals surface area contributed by atoms with Crippen molar-refractivity contribution in [2.75, 3.05) is 34.0 Å². The highest BCUT2D eigenvalue weighted by Gasteiger charge is 2.23. The molecule has 4 aromatic rings. The fourth-order valence-corrected chi connectivity index (χ4v) is 5.96. The van der Waals surface area contributed by atoms with Crippen LogP contribution >= 0.6 is 0 Å². The molecule has 3 aromatic carbocycles. The van der Waals surface area contributed by atoms with Gasteiger partial charge in [-0.2, -0.15) is 4.98 Å². The van der Waals surface area contributed by atoms with Gasteiger partial charge in [0.05, 0.1) is 30.4 Å². The molecule has 5 rings (SSSR count). The zero-order valence-corrected chi connectivity index (χ0v) is 27.0. The lowest BCUT2D eigenvalue weighted by molar-refractivity contribution is 0.262. The van der Waals surface area contributed by atoms with Crippen LogP contribution in [0.5, 0.6) is 17.4 Å². The van der Waals surface area contributed by atoms with Crippen LogP contribution in [-0.4, -0.2) is 43.8 Å². The molecule has 4 N–H and O–H groups in total. The van der Waals surface area contributed by atoms with Gasteiger partial charge in [0, 0.05) is 29.1 Å². The Labute approximate surface area is 264 Å². The second-order valence-electron chi connectivity index (χ2n) is 12.3. The maximum Gasteiger partial charge on any atom is 0.323 e. The van der Waals surface area contributed by atoms with E-state index < -0.39 is 16.1 Å². The lowest BCUT2D eigenvalue weighted by atomic mass is 9.86. The van der Waals surface area contributed by atoms with Gasteiger partial charge in [-0.15, -0.1) is 0 Å². The Morgan fingerprint density at radius 3 is 2.29 bits per heavy atom. The van der Waals surface area contributed by atoms with Crippen LogP contribution in [0.1, 0.15) is 58.4 Å². The van der Waals surface area contributed by atoms with Crippen LogP contribution in [0.4, 0.5) is 27.8 Å². The second kappa shape index (κ2) is 13.2. The molecule has 0 saturated heterocycles. The number of sulfonamides is 1. The van der Waals surface area contributed by atoms with Crippen molar-refractivity contribution in [1.82, 2.24) is 9.97 Å². The summed E-state index contributed by atoms with van der Waals surface area (Å²) >= 11 is 0. The number of anilines is 4. The third-order valence-electron chi connectivity index (χ3n) is 7.62. The first-order valence-electron chi connectivity index (χ1n) is 15.0. The third kappa shape index (κ3) is 8.13. The minimum absolute atomic E-state index is 0.194. The van der Waals surface area contributed by atoms with Crippen molar-refractivity contribution in [2.45, 2.75) is 64.3 Å². The summed E-state index contributed by atoms with van der Waals surface area (Å²) in [6, 6.07) is 16.2. The average molecular weight is 633 g/mol. The number of hydrogen-bond acceptors (Lipinski definition) is 8. The molecule has 45 heavy (non-hydrogen) atoms. The lowest BCUT2D eigenvalue weighted by Crippen LogP contribution is -2.23. The van der Waals surface area contributed by atoms with E-state index >= 15 is 0 Å². The number of nitrogens with one attached hydrogen (secondary N) is 4. The van der Waals surface area contributed by atoms with Crippen LogP contribution in [0.25, 0.3) is 10.8 Å². The van der Waals surface area contributed by atoms with Gasteiger partial charge in [0.15, 0.2) is 5.75 Å². The highest BCUT2D eigenvalue weighted by atomic mass is 32.2. The minimum Gasteiger partial charge on any atom is -0.492 e. The Bertz CT molecular complexity index is 1800. The van der Waals surface area contributed by atoms with Gasteiger partial charge in [-0.25, -0.2) is 18.2 Å². The van der Waals surface area contributed by atoms with Crippen molar-refractivity contribution in [2.24, 2.45) is 0 Å². The topological polar surface area (TPSA) is 144 Å². The van der Waals surface area contributed by atoms with Crippen LogP contribution in [0.15, 0.2) is 60.8 Å². The summed E-state index contributed by atoms with van der Waals surface area (Å²) in [7, 11) is -2.19. The van der Waals surface area contributed by atoms with Gasteiger partial charge in [-0.1, -0.05) is 64.3 Å². The summed E-state index contributed by atoms with van der Waals surface area (Å²) in [6.45, 7) is 5.98. The van der Waals surface area contributed by atoms with Crippen molar-refractivity contribution in [1.29, 1.82) is 0 Å². The van der Waals surface area contributed by atoms with Gasteiger partial charge in [0.2, 0.25) is 21.9 Å². The van der Waals surface area contributed by atoms with Crippen LogP contribution in [0.3, 0.4) is 0 Å². The summed E-state index contributed by atoms with van der Waals surface area (Å²) in [4.78, 5) is 22.3. The minimum atomic E-state index is -3.61. The zero-order chi connectivity index (χ0) is 32.2. The standard InChI is InChI=1S/C33H40N6O5S/c1-33(2,3)21-19-26(30(43-4)27(20-21)39-45(5,41)42)37-32(40)36-25-15-16-28(24-14-10-9-13-23(24)25)44-29-17-18-34-31(38-29)35-22-11-7-6-8-12-22/h9-10,13-20,22,39H,6-8,11-12H2,1-5H3,(H,34,35,38)(H2,36,37,40). The van der Waals surface area contributed by atoms with Crippen LogP contribution in [0, 0.1) is 0 Å². The molecule has 1 saturated carbocycles. The van der Waals surface area contributed by atoms with Crippen LogP contribution in [-0.2, 0) is 15.4 Å². The third-order valence-corrected chi connectivity index (χ3v) is 8.21. The quantitative estimate of drug-likeness (QED) is 0.149. The summed E-state index contributed by atoms with van der Waals surface area (Å²) in [5.74, 6) is 1.73. The van der Waals surface area contributed by atoms with Crippen molar-refractivity contribution in [3.05, 3.63) is 66.4 Å². The van der Waals surface area contributed by atoms with Gasteiger partial charge in [0.25, 0.3) is 0 Å². The van der Waals surface area contributed by atoms with E-state index in [1.165, 1.54) is 26.4 Å². The molecule has 0 bridgehead atoms. The molecule has 0 aliphatic heterocycles. The van der Waals surface area contributed by atoms with Gasteiger partial charge >= 0.3 is 6.03 Å². The molecule has 0 unspecified atom stereocenters. The molecule has 1 aromatic heterocycles. The molecule has 0 radical (unpaired) electrons. The number of nitrogens with zero attached hydrogens (tertiary/aromatic N) is 2. The number of fused-ring (bicyclic) bond motifs is 1. The maximum absolute atomic E-state index is 13.4. The number of benzene rings is 3. The van der Waals surface area contributed by atoms with Crippen molar-refractivity contribution < 1.29 is 22.7 Å². The van der Waals surface area contributed by atoms with Gasteiger partial charge in [-0.3, -0.25) is 4.72 Å². The number of amides is 2. The number of ether oxygens (including phenoxy) is 2. The number of carbonyl (C=O) groups excluding carboxylic acids is 1. The molecule has 1 heterocycles. The van der Waals surface area contributed by atoms with Crippen molar-refractivity contribution >= 4 is 49.8 Å². The molecule has 0 spiro atoms. The Morgan fingerprint density at radius 2 is 1.60 bits per heavy atom. The molecule has 0 atom stereocenters. The maximum atomic E-state index is 13.4. The highest BCUT2D eigenvalue weighted by Crippen LogP contribution is 2.40. The van der Waals surface area contributed by atoms with Gasteiger partial charge < -0.3 is 25.4 Å². The molecule has 1 fully saturated rings. The van der Waals surface area contributed by atoms with E-state index in [1.54, 1.807) is 36.5 Å². The van der Waals surface area contributed by atoms with E-state index in [0.717, 1.165) is 35.4 Å². The lowest BCUT2D eigenvalue weighted by Gasteiger charge is -2.24. The molecule has 2 amide bonds. The summed E-state index contributed by atoms with van der Waals surface area (Å²) in [5, 5.41) is 10.7. The van der Waals surface area contributed by atoms with E-state index in [4.69, 9.17) is 9.47 Å². The van der Waals surface area contributed by atoms with Gasteiger partial charge in [-0.05, 0) is 48.1 Å². The first kappa shape index (κ1) is 31.8. The number of methoxy groups -OCH3 is 1. The predicted molar refractivity (Wildman–Crippen MR) is 179 cm³/mol. The predicted octanol–water partition coefficient (Wildman–Crippen LogP) is 7.49. The summed E-state index contributed by atoms with van der Waals surface area (Å²) < 4.78 is 38.4. The molecule has 238 valence electrons. The Hall–Kier alpha value is -4.58. The largest absolute Gasteiger partial charge is 0.492 e. The fourth-order valence-electron chi connectivity index (χ4n) is 5.41.